The lowest BCUT2D eigenvalue weighted by Gasteiger charge is -2.41. The second-order valence-corrected chi connectivity index (χ2v) is 5.32. The van der Waals surface area contributed by atoms with Crippen LogP contribution in [-0.4, -0.2) is 50.7 Å². The predicted octanol–water partition coefficient (Wildman–Crippen LogP) is 1.55. The Morgan fingerprint density at radius 3 is 2.78 bits per heavy atom. The molecular formula is C14H22FN3. The highest BCUT2D eigenvalue weighted by Crippen LogP contribution is 2.23. The summed E-state index contributed by atoms with van der Waals surface area (Å²) in [6, 6.07) is 7.74. The summed E-state index contributed by atoms with van der Waals surface area (Å²) in [5.41, 5.74) is 0.718. The Morgan fingerprint density at radius 1 is 1.39 bits per heavy atom. The molecule has 3 nitrogen and oxygen atoms in total. The second kappa shape index (κ2) is 5.67. The monoisotopic (exact) mass is 251 g/mol. The molecule has 4 heteroatoms. The molecule has 0 spiro atoms. The highest BCUT2D eigenvalue weighted by atomic mass is 19.1. The van der Waals surface area contributed by atoms with Crippen LogP contribution in [-0.2, 0) is 0 Å². The molecular weight excluding hydrogens is 229 g/mol. The summed E-state index contributed by atoms with van der Waals surface area (Å²) in [6.07, 6.45) is 0. The van der Waals surface area contributed by atoms with Gasteiger partial charge in [0.1, 0.15) is 5.82 Å². The fourth-order valence-electron chi connectivity index (χ4n) is 2.51. The number of nitrogens with one attached hydrogen (secondary N) is 1. The quantitative estimate of drug-likeness (QED) is 0.879. The van der Waals surface area contributed by atoms with Crippen LogP contribution in [0, 0.1) is 5.82 Å². The van der Waals surface area contributed by atoms with Crippen LogP contribution < -0.4 is 10.2 Å². The standard InChI is InChI=1S/C14H22FN3/c1-11-8-16-12(9-17(2)3)10-18(11)14-7-5-4-6-13(14)15/h4-7,11-12,16H,8-10H2,1-3H3. The molecule has 0 amide bonds. The molecule has 1 heterocycles. The number of likely N-dealkylation sites (N-methyl/N-ethyl adjacent to an activating group) is 1. The van der Waals surface area contributed by atoms with Crippen molar-refractivity contribution in [2.45, 2.75) is 19.0 Å². The second-order valence-electron chi connectivity index (χ2n) is 5.32. The molecule has 0 aliphatic carbocycles. The first kappa shape index (κ1) is 13.3. The zero-order chi connectivity index (χ0) is 13.1. The van der Waals surface area contributed by atoms with Crippen molar-refractivity contribution < 1.29 is 4.39 Å². The van der Waals surface area contributed by atoms with Crippen molar-refractivity contribution in [3.63, 3.8) is 0 Å². The third-order valence-electron chi connectivity index (χ3n) is 3.40. The SMILES string of the molecule is CC1CNC(CN(C)C)CN1c1ccccc1F. The largest absolute Gasteiger partial charge is 0.364 e. The van der Waals surface area contributed by atoms with E-state index >= 15 is 0 Å². The molecule has 1 aliphatic heterocycles. The molecule has 100 valence electrons. The maximum Gasteiger partial charge on any atom is 0.146 e. The van der Waals surface area contributed by atoms with Gasteiger partial charge in [-0.2, -0.15) is 0 Å². The molecule has 1 aliphatic rings. The average Bonchev–Trinajstić information content (AvgIpc) is 2.32. The summed E-state index contributed by atoms with van der Waals surface area (Å²) in [4.78, 5) is 4.33. The van der Waals surface area contributed by atoms with Crippen LogP contribution in [0.4, 0.5) is 10.1 Å². The van der Waals surface area contributed by atoms with E-state index in [9.17, 15) is 4.39 Å². The number of benzene rings is 1. The first-order chi connectivity index (χ1) is 8.58. The van der Waals surface area contributed by atoms with Crippen LogP contribution >= 0.6 is 0 Å². The fourth-order valence-corrected chi connectivity index (χ4v) is 2.51. The van der Waals surface area contributed by atoms with Gasteiger partial charge < -0.3 is 15.1 Å². The first-order valence-corrected chi connectivity index (χ1v) is 6.47. The normalized spacial score (nSPS) is 24.6. The number of rotatable bonds is 3. The number of hydrogen-bond donors (Lipinski definition) is 1. The van der Waals surface area contributed by atoms with Crippen molar-refractivity contribution in [3.05, 3.63) is 30.1 Å². The maximum atomic E-state index is 13.9. The van der Waals surface area contributed by atoms with Crippen molar-refractivity contribution in [1.82, 2.24) is 10.2 Å². The molecule has 1 fully saturated rings. The van der Waals surface area contributed by atoms with E-state index in [1.54, 1.807) is 6.07 Å². The third-order valence-corrected chi connectivity index (χ3v) is 3.40. The van der Waals surface area contributed by atoms with E-state index in [2.05, 4.69) is 36.1 Å². The van der Waals surface area contributed by atoms with Gasteiger partial charge in [-0.05, 0) is 33.2 Å². The van der Waals surface area contributed by atoms with Gasteiger partial charge in [-0.15, -0.1) is 0 Å². The molecule has 2 atom stereocenters. The van der Waals surface area contributed by atoms with Gasteiger partial charge in [0.05, 0.1) is 5.69 Å². The average molecular weight is 251 g/mol. The Balaban J connectivity index is 2.13. The van der Waals surface area contributed by atoms with Crippen molar-refractivity contribution >= 4 is 5.69 Å². The summed E-state index contributed by atoms with van der Waals surface area (Å²) in [5, 5.41) is 3.51. The van der Waals surface area contributed by atoms with E-state index in [1.165, 1.54) is 6.07 Å². The lowest BCUT2D eigenvalue weighted by atomic mass is 10.1. The Kier molecular flexibility index (Phi) is 4.19. The lowest BCUT2D eigenvalue weighted by Crippen LogP contribution is -2.58. The Morgan fingerprint density at radius 2 is 2.11 bits per heavy atom. The van der Waals surface area contributed by atoms with Crippen LogP contribution in [0.5, 0.6) is 0 Å². The van der Waals surface area contributed by atoms with Gasteiger partial charge in [0, 0.05) is 31.7 Å². The first-order valence-electron chi connectivity index (χ1n) is 6.47. The highest BCUT2D eigenvalue weighted by Gasteiger charge is 2.26. The number of halogens is 1. The molecule has 2 unspecified atom stereocenters. The zero-order valence-electron chi connectivity index (χ0n) is 11.4. The molecule has 2 rings (SSSR count). The van der Waals surface area contributed by atoms with E-state index < -0.39 is 0 Å². The van der Waals surface area contributed by atoms with Gasteiger partial charge in [0.25, 0.3) is 0 Å². The Labute approximate surface area is 109 Å². The number of nitrogens with zero attached hydrogens (tertiary/aromatic N) is 2. The molecule has 1 aromatic rings. The minimum Gasteiger partial charge on any atom is -0.364 e. The number of piperazine rings is 1. The molecule has 18 heavy (non-hydrogen) atoms. The lowest BCUT2D eigenvalue weighted by molar-refractivity contribution is 0.306. The van der Waals surface area contributed by atoms with Crippen LogP contribution in [0.25, 0.3) is 0 Å². The van der Waals surface area contributed by atoms with E-state index in [0.717, 1.165) is 25.3 Å². The van der Waals surface area contributed by atoms with Crippen LogP contribution in [0.15, 0.2) is 24.3 Å². The van der Waals surface area contributed by atoms with Gasteiger partial charge in [-0.3, -0.25) is 0 Å². The predicted molar refractivity (Wildman–Crippen MR) is 73.6 cm³/mol. The summed E-state index contributed by atoms with van der Waals surface area (Å²) >= 11 is 0. The topological polar surface area (TPSA) is 18.5 Å². The van der Waals surface area contributed by atoms with Crippen LogP contribution in [0.1, 0.15) is 6.92 Å². The Hall–Kier alpha value is -1.13. The number of anilines is 1. The molecule has 0 saturated carbocycles. The van der Waals surface area contributed by atoms with Crippen LogP contribution in [0.3, 0.4) is 0 Å². The zero-order valence-corrected chi connectivity index (χ0v) is 11.4. The highest BCUT2D eigenvalue weighted by molar-refractivity contribution is 5.49. The molecule has 0 aromatic heterocycles. The van der Waals surface area contributed by atoms with E-state index in [0.29, 0.717) is 12.1 Å². The molecule has 0 bridgehead atoms. The molecule has 1 N–H and O–H groups in total. The van der Waals surface area contributed by atoms with Crippen molar-refractivity contribution in [2.75, 3.05) is 38.6 Å². The molecule has 0 radical (unpaired) electrons. The number of hydrogen-bond acceptors (Lipinski definition) is 3. The van der Waals surface area contributed by atoms with E-state index in [1.807, 2.05) is 12.1 Å². The van der Waals surface area contributed by atoms with Gasteiger partial charge in [-0.25, -0.2) is 4.39 Å². The number of para-hydroxylation sites is 1. The summed E-state index contributed by atoms with van der Waals surface area (Å²) in [5.74, 6) is -0.130. The summed E-state index contributed by atoms with van der Waals surface area (Å²) in [6.45, 7) is 4.84. The minimum atomic E-state index is -0.130. The van der Waals surface area contributed by atoms with Crippen molar-refractivity contribution in [3.8, 4) is 0 Å². The van der Waals surface area contributed by atoms with Gasteiger partial charge in [0.15, 0.2) is 0 Å². The maximum absolute atomic E-state index is 13.9. The third kappa shape index (κ3) is 3.00. The fraction of sp³-hybridized carbons (Fsp3) is 0.571. The summed E-state index contributed by atoms with van der Waals surface area (Å²) < 4.78 is 13.9. The van der Waals surface area contributed by atoms with Crippen molar-refractivity contribution in [1.29, 1.82) is 0 Å². The minimum absolute atomic E-state index is 0.130. The Bertz CT molecular complexity index is 394. The molecule has 1 saturated heterocycles. The summed E-state index contributed by atoms with van der Waals surface area (Å²) in [7, 11) is 4.13. The van der Waals surface area contributed by atoms with Gasteiger partial charge >= 0.3 is 0 Å². The van der Waals surface area contributed by atoms with Gasteiger partial charge in [-0.1, -0.05) is 12.1 Å². The van der Waals surface area contributed by atoms with E-state index in [4.69, 9.17) is 0 Å². The smallest absolute Gasteiger partial charge is 0.146 e. The van der Waals surface area contributed by atoms with Crippen molar-refractivity contribution in [2.24, 2.45) is 0 Å². The van der Waals surface area contributed by atoms with Crippen LogP contribution in [0.2, 0.25) is 0 Å². The van der Waals surface area contributed by atoms with E-state index in [-0.39, 0.29) is 5.82 Å². The molecule has 1 aromatic carbocycles. The van der Waals surface area contributed by atoms with Gasteiger partial charge in [0.2, 0.25) is 0 Å².